The Morgan fingerprint density at radius 3 is 1.96 bits per heavy atom. The predicted octanol–water partition coefficient (Wildman–Crippen LogP) is 9.15. The summed E-state index contributed by atoms with van der Waals surface area (Å²) in [7, 11) is 0. The molecule has 0 aromatic heterocycles. The second-order valence-corrected chi connectivity index (χ2v) is 11.4. The lowest BCUT2D eigenvalue weighted by Gasteiger charge is -2.41. The van der Waals surface area contributed by atoms with Gasteiger partial charge >= 0.3 is 0 Å². The van der Waals surface area contributed by atoms with E-state index in [-0.39, 0.29) is 6.71 Å². The summed E-state index contributed by atoms with van der Waals surface area (Å²) in [6, 6.07) is 51.2. The topological polar surface area (TPSA) is 15.7 Å². The zero-order valence-corrected chi connectivity index (χ0v) is 25.4. The number of ether oxygens (including phenoxy) is 1. The predicted molar refractivity (Wildman–Crippen MR) is 195 cm³/mol. The summed E-state index contributed by atoms with van der Waals surface area (Å²) in [5, 5.41) is 0. The molecule has 3 nitrogen and oxygen atoms in total. The molecule has 0 bridgehead atoms. The number of hydrogen-bond donors (Lipinski definition) is 0. The van der Waals surface area contributed by atoms with Crippen LogP contribution >= 0.6 is 0 Å². The van der Waals surface area contributed by atoms with E-state index in [1.807, 2.05) is 30.4 Å². The molecule has 218 valence electrons. The molecule has 0 fully saturated rings. The van der Waals surface area contributed by atoms with Gasteiger partial charge in [0.05, 0.1) is 0 Å². The monoisotopic (exact) mass is 590 g/mol. The molecule has 2 aliphatic heterocycles. The van der Waals surface area contributed by atoms with Gasteiger partial charge in [-0.1, -0.05) is 110 Å². The second kappa shape index (κ2) is 11.5. The van der Waals surface area contributed by atoms with Crippen LogP contribution in [0.2, 0.25) is 0 Å². The lowest BCUT2D eigenvalue weighted by atomic mass is 9.34. The molecule has 0 aliphatic carbocycles. The molecule has 6 aromatic rings. The Labute approximate surface area is 270 Å². The van der Waals surface area contributed by atoms with Gasteiger partial charge in [0.1, 0.15) is 11.5 Å². The number of para-hydroxylation sites is 3. The van der Waals surface area contributed by atoms with Gasteiger partial charge < -0.3 is 14.5 Å². The molecule has 0 spiro atoms. The first-order valence-corrected chi connectivity index (χ1v) is 15.6. The van der Waals surface area contributed by atoms with Gasteiger partial charge in [0, 0.05) is 45.8 Å². The third-order valence-corrected chi connectivity index (χ3v) is 8.84. The second-order valence-electron chi connectivity index (χ2n) is 11.4. The smallest absolute Gasteiger partial charge is 0.256 e. The van der Waals surface area contributed by atoms with Crippen LogP contribution in [0.25, 0.3) is 11.1 Å². The van der Waals surface area contributed by atoms with Gasteiger partial charge in [0.25, 0.3) is 6.71 Å². The Bertz CT molecular complexity index is 2080. The largest absolute Gasteiger partial charge is 0.458 e. The van der Waals surface area contributed by atoms with Crippen LogP contribution in [-0.4, -0.2) is 6.71 Å². The Hall–Kier alpha value is -6.00. The van der Waals surface area contributed by atoms with Gasteiger partial charge in [0.2, 0.25) is 0 Å². The van der Waals surface area contributed by atoms with Crippen molar-refractivity contribution in [2.75, 3.05) is 9.80 Å². The van der Waals surface area contributed by atoms with Gasteiger partial charge in [-0.2, -0.15) is 0 Å². The highest BCUT2D eigenvalue weighted by Gasteiger charge is 2.43. The third kappa shape index (κ3) is 4.46. The van der Waals surface area contributed by atoms with Crippen molar-refractivity contribution in [3.05, 3.63) is 183 Å². The van der Waals surface area contributed by atoms with Crippen molar-refractivity contribution in [2.24, 2.45) is 0 Å². The van der Waals surface area contributed by atoms with E-state index in [1.165, 1.54) is 5.46 Å². The van der Waals surface area contributed by atoms with E-state index in [9.17, 15) is 0 Å². The third-order valence-electron chi connectivity index (χ3n) is 8.84. The summed E-state index contributed by atoms with van der Waals surface area (Å²) in [6.45, 7) is 8.13. The molecule has 2 heterocycles. The highest BCUT2D eigenvalue weighted by atomic mass is 16.5. The fraction of sp³-hybridized carbons (Fsp3) is 0. The standard InChI is InChI=1S/C42H31BN2O/c1-3-16-31(4-2)45-38-24-15-14-23-36(38)43-37-27-25-34(44(32-19-10-6-11-20-32)33-21-12-7-13-22-33)29-40(37)46-42-35(26-28-39(45)41(42)43)30-17-8-5-9-18-30/h3-29H,1-2H2/b31-16+. The normalized spacial score (nSPS) is 12.7. The van der Waals surface area contributed by atoms with Crippen molar-refractivity contribution in [3.8, 4) is 22.6 Å². The number of nitrogens with zero attached hydrogens (tertiary/aromatic N) is 2. The molecule has 0 saturated heterocycles. The van der Waals surface area contributed by atoms with Crippen LogP contribution in [0.4, 0.5) is 28.4 Å². The zero-order chi connectivity index (χ0) is 31.0. The molecule has 0 unspecified atom stereocenters. The quantitative estimate of drug-likeness (QED) is 0.136. The van der Waals surface area contributed by atoms with E-state index in [1.54, 1.807) is 0 Å². The lowest BCUT2D eigenvalue weighted by Crippen LogP contribution is -2.60. The Morgan fingerprint density at radius 2 is 1.28 bits per heavy atom. The van der Waals surface area contributed by atoms with Crippen molar-refractivity contribution >= 4 is 51.5 Å². The van der Waals surface area contributed by atoms with Crippen LogP contribution in [0.3, 0.4) is 0 Å². The van der Waals surface area contributed by atoms with E-state index in [0.717, 1.165) is 67.7 Å². The summed E-state index contributed by atoms with van der Waals surface area (Å²) >= 11 is 0. The van der Waals surface area contributed by atoms with Crippen molar-refractivity contribution in [3.63, 3.8) is 0 Å². The minimum absolute atomic E-state index is 0.0180. The highest BCUT2D eigenvalue weighted by molar-refractivity contribution is 6.99. The van der Waals surface area contributed by atoms with E-state index >= 15 is 0 Å². The molecule has 0 saturated carbocycles. The summed E-state index contributed by atoms with van der Waals surface area (Å²) < 4.78 is 7.09. The van der Waals surface area contributed by atoms with Crippen molar-refractivity contribution in [1.29, 1.82) is 0 Å². The first-order valence-electron chi connectivity index (χ1n) is 15.6. The fourth-order valence-corrected chi connectivity index (χ4v) is 6.89. The number of hydrogen-bond acceptors (Lipinski definition) is 3. The van der Waals surface area contributed by atoms with Crippen LogP contribution in [0.15, 0.2) is 183 Å². The Kier molecular flexibility index (Phi) is 6.88. The molecule has 0 N–H and O–H groups in total. The van der Waals surface area contributed by atoms with Crippen molar-refractivity contribution in [1.82, 2.24) is 0 Å². The van der Waals surface area contributed by atoms with Gasteiger partial charge in [-0.25, -0.2) is 0 Å². The van der Waals surface area contributed by atoms with Crippen LogP contribution in [0.1, 0.15) is 0 Å². The molecule has 0 amide bonds. The molecule has 2 aliphatic rings. The van der Waals surface area contributed by atoms with E-state index in [2.05, 4.69) is 156 Å². The minimum atomic E-state index is -0.0180. The number of anilines is 5. The fourth-order valence-electron chi connectivity index (χ4n) is 6.89. The SMILES string of the molecule is C=C/C=C(\C=C)N1c2ccccc2B2c3ccc(N(c4ccccc4)c4ccccc4)cc3Oc3c(-c4ccccc4)ccc1c32. The summed E-state index contributed by atoms with van der Waals surface area (Å²) in [5.41, 5.74) is 12.1. The van der Waals surface area contributed by atoms with Gasteiger partial charge in [-0.15, -0.1) is 0 Å². The lowest BCUT2D eigenvalue weighted by molar-refractivity contribution is 0.489. The van der Waals surface area contributed by atoms with Crippen molar-refractivity contribution < 1.29 is 4.74 Å². The van der Waals surface area contributed by atoms with Gasteiger partial charge in [0.15, 0.2) is 0 Å². The first kappa shape index (κ1) is 27.5. The van der Waals surface area contributed by atoms with Crippen LogP contribution in [-0.2, 0) is 0 Å². The summed E-state index contributed by atoms with van der Waals surface area (Å²) in [5.74, 6) is 1.74. The summed E-state index contributed by atoms with van der Waals surface area (Å²) in [6.07, 6.45) is 5.71. The molecule has 46 heavy (non-hydrogen) atoms. The van der Waals surface area contributed by atoms with Gasteiger partial charge in [-0.05, 0) is 82.6 Å². The maximum Gasteiger partial charge on any atom is 0.256 e. The average molecular weight is 591 g/mol. The molecule has 0 atom stereocenters. The maximum atomic E-state index is 7.09. The van der Waals surface area contributed by atoms with E-state index < -0.39 is 0 Å². The molecule has 8 rings (SSSR count). The number of fused-ring (bicyclic) bond motifs is 4. The van der Waals surface area contributed by atoms with Crippen molar-refractivity contribution in [2.45, 2.75) is 0 Å². The minimum Gasteiger partial charge on any atom is -0.458 e. The molecule has 0 radical (unpaired) electrons. The average Bonchev–Trinajstić information content (AvgIpc) is 3.12. The van der Waals surface area contributed by atoms with E-state index in [0.29, 0.717) is 0 Å². The van der Waals surface area contributed by atoms with Crippen LogP contribution < -0.4 is 30.9 Å². The van der Waals surface area contributed by atoms with E-state index in [4.69, 9.17) is 4.74 Å². The van der Waals surface area contributed by atoms with Crippen LogP contribution in [0.5, 0.6) is 11.5 Å². The molecule has 4 heteroatoms. The van der Waals surface area contributed by atoms with Gasteiger partial charge in [-0.3, -0.25) is 0 Å². The number of rotatable bonds is 7. The highest BCUT2D eigenvalue weighted by Crippen LogP contribution is 2.44. The Balaban J connectivity index is 1.38. The zero-order valence-electron chi connectivity index (χ0n) is 25.4. The molecule has 6 aromatic carbocycles. The first-order chi connectivity index (χ1) is 22.8. The molecular formula is C42H31BN2O. The summed E-state index contributed by atoms with van der Waals surface area (Å²) in [4.78, 5) is 4.56. The van der Waals surface area contributed by atoms with Crippen LogP contribution in [0, 0.1) is 0 Å². The number of benzene rings is 6. The Morgan fingerprint density at radius 1 is 0.630 bits per heavy atom. The maximum absolute atomic E-state index is 7.09. The number of allylic oxidation sites excluding steroid dienone is 3. The molecular weight excluding hydrogens is 559 g/mol.